The van der Waals surface area contributed by atoms with E-state index in [1.165, 1.54) is 12.3 Å². The monoisotopic (exact) mass is 376 g/mol. The van der Waals surface area contributed by atoms with Gasteiger partial charge in [0.1, 0.15) is 5.76 Å². The van der Waals surface area contributed by atoms with E-state index >= 15 is 0 Å². The lowest BCUT2D eigenvalue weighted by Gasteiger charge is -2.23. The molecule has 0 aliphatic heterocycles. The lowest BCUT2D eigenvalue weighted by Crippen LogP contribution is -2.38. The molecule has 2 aromatic rings. The Balaban J connectivity index is 2.16. The molecule has 2 unspecified atom stereocenters. The van der Waals surface area contributed by atoms with Crippen LogP contribution in [-0.2, 0) is 27.5 Å². The van der Waals surface area contributed by atoms with Gasteiger partial charge >= 0.3 is 5.97 Å². The van der Waals surface area contributed by atoms with Crippen molar-refractivity contribution in [3.05, 3.63) is 72.7 Å². The first-order valence-corrected chi connectivity index (χ1v) is 10.3. The number of sulfone groups is 1. The number of benzene rings is 1. The van der Waals surface area contributed by atoms with Crippen LogP contribution < -0.4 is 0 Å². The summed E-state index contributed by atoms with van der Waals surface area (Å²) >= 11 is 0. The molecule has 0 bridgehead atoms. The molecular weight excluding hydrogens is 352 g/mol. The molecule has 6 heteroatoms. The largest absolute Gasteiger partial charge is 0.481 e. The fourth-order valence-electron chi connectivity index (χ4n) is 3.07. The van der Waals surface area contributed by atoms with Crippen LogP contribution in [0.25, 0.3) is 0 Å². The Kier molecular flexibility index (Phi) is 7.21. The zero-order valence-electron chi connectivity index (χ0n) is 14.6. The van der Waals surface area contributed by atoms with Crippen LogP contribution in [0.5, 0.6) is 0 Å². The van der Waals surface area contributed by atoms with Crippen LogP contribution in [0.4, 0.5) is 0 Å². The summed E-state index contributed by atoms with van der Waals surface area (Å²) in [5, 5.41) is 8.64. The van der Waals surface area contributed by atoms with Crippen molar-refractivity contribution in [2.45, 2.75) is 30.9 Å². The third kappa shape index (κ3) is 5.59. The van der Waals surface area contributed by atoms with E-state index in [1.54, 1.807) is 12.1 Å². The van der Waals surface area contributed by atoms with Crippen molar-refractivity contribution in [3.63, 3.8) is 0 Å². The zero-order valence-corrected chi connectivity index (χ0v) is 15.4. The Bertz CT molecular complexity index is 794. The van der Waals surface area contributed by atoms with Gasteiger partial charge in [0.2, 0.25) is 0 Å². The highest BCUT2D eigenvalue weighted by molar-refractivity contribution is 7.92. The standard InChI is InChI=1S/C20H24O5S/c1-2-14-26(23,24)19(15-17-11-7-13-25-17)18(20(21)22)12-6-10-16-8-4-3-5-9-16/h2-5,7-9,11,13,18-19H,1,6,10,12,14-15H2,(H,21,22). The van der Waals surface area contributed by atoms with Crippen molar-refractivity contribution in [1.82, 2.24) is 0 Å². The lowest BCUT2D eigenvalue weighted by molar-refractivity contribution is -0.142. The average Bonchev–Trinajstić information content (AvgIpc) is 3.11. The number of furan rings is 1. The van der Waals surface area contributed by atoms with Gasteiger partial charge in [-0.1, -0.05) is 36.4 Å². The molecule has 2 atom stereocenters. The number of carboxylic acid groups (broad SMARTS) is 1. The molecule has 0 spiro atoms. The Hall–Kier alpha value is -2.34. The highest BCUT2D eigenvalue weighted by Gasteiger charge is 2.37. The molecule has 0 fully saturated rings. The third-order valence-electron chi connectivity index (χ3n) is 4.38. The molecule has 0 amide bonds. The van der Waals surface area contributed by atoms with E-state index in [-0.39, 0.29) is 18.6 Å². The van der Waals surface area contributed by atoms with Crippen LogP contribution >= 0.6 is 0 Å². The minimum absolute atomic E-state index is 0.0471. The molecule has 0 saturated heterocycles. The highest BCUT2D eigenvalue weighted by Crippen LogP contribution is 2.25. The Morgan fingerprint density at radius 2 is 1.92 bits per heavy atom. The predicted octanol–water partition coefficient (Wildman–Crippen LogP) is 3.52. The minimum atomic E-state index is -3.65. The van der Waals surface area contributed by atoms with Gasteiger partial charge in [0, 0.05) is 6.42 Å². The van der Waals surface area contributed by atoms with E-state index in [1.807, 2.05) is 30.3 Å². The quantitative estimate of drug-likeness (QED) is 0.607. The molecule has 1 aromatic heterocycles. The Labute approximate surface area is 154 Å². The smallest absolute Gasteiger partial charge is 0.307 e. The first-order chi connectivity index (χ1) is 12.4. The van der Waals surface area contributed by atoms with Crippen molar-refractivity contribution in [2.24, 2.45) is 5.92 Å². The van der Waals surface area contributed by atoms with Crippen LogP contribution in [0.15, 0.2) is 65.8 Å². The highest BCUT2D eigenvalue weighted by atomic mass is 32.2. The van der Waals surface area contributed by atoms with Crippen molar-refractivity contribution in [3.8, 4) is 0 Å². The molecule has 1 N–H and O–H groups in total. The molecule has 1 heterocycles. The summed E-state index contributed by atoms with van der Waals surface area (Å²) in [7, 11) is -3.65. The van der Waals surface area contributed by atoms with Gasteiger partial charge < -0.3 is 9.52 Å². The molecule has 0 aliphatic carbocycles. The summed E-state index contributed by atoms with van der Waals surface area (Å²) in [4.78, 5) is 11.8. The molecule has 5 nitrogen and oxygen atoms in total. The maximum Gasteiger partial charge on any atom is 0.307 e. The summed E-state index contributed by atoms with van der Waals surface area (Å²) < 4.78 is 30.6. The van der Waals surface area contributed by atoms with Gasteiger partial charge in [0.05, 0.1) is 23.2 Å². The van der Waals surface area contributed by atoms with Crippen molar-refractivity contribution < 1.29 is 22.7 Å². The fourth-order valence-corrected chi connectivity index (χ4v) is 4.82. The van der Waals surface area contributed by atoms with Gasteiger partial charge in [-0.05, 0) is 37.0 Å². The van der Waals surface area contributed by atoms with E-state index in [0.717, 1.165) is 5.56 Å². The van der Waals surface area contributed by atoms with Gasteiger partial charge in [-0.3, -0.25) is 4.79 Å². The predicted molar refractivity (Wildman–Crippen MR) is 101 cm³/mol. The number of rotatable bonds is 11. The van der Waals surface area contributed by atoms with Gasteiger partial charge in [0.15, 0.2) is 9.84 Å². The Morgan fingerprint density at radius 3 is 2.50 bits per heavy atom. The third-order valence-corrected chi connectivity index (χ3v) is 6.50. The molecule has 0 aliphatic rings. The van der Waals surface area contributed by atoms with Crippen molar-refractivity contribution >= 4 is 15.8 Å². The topological polar surface area (TPSA) is 84.6 Å². The number of hydrogen-bond donors (Lipinski definition) is 1. The normalized spacial score (nSPS) is 13.8. The van der Waals surface area contributed by atoms with E-state index in [0.29, 0.717) is 18.6 Å². The molecule has 1 aromatic carbocycles. The SMILES string of the molecule is C=CCS(=O)(=O)C(Cc1ccco1)C(CCCc1ccccc1)C(=O)O. The van der Waals surface area contributed by atoms with Crippen LogP contribution in [-0.4, -0.2) is 30.5 Å². The van der Waals surface area contributed by atoms with E-state index in [4.69, 9.17) is 4.42 Å². The first kappa shape index (κ1) is 20.0. The maximum atomic E-state index is 12.7. The van der Waals surface area contributed by atoms with Gasteiger partial charge in [-0.2, -0.15) is 0 Å². The van der Waals surface area contributed by atoms with E-state index < -0.39 is 27.0 Å². The van der Waals surface area contributed by atoms with Crippen molar-refractivity contribution in [2.75, 3.05) is 5.75 Å². The second-order valence-electron chi connectivity index (χ2n) is 6.26. The Morgan fingerprint density at radius 1 is 1.19 bits per heavy atom. The number of carbonyl (C=O) groups is 1. The van der Waals surface area contributed by atoms with Crippen LogP contribution in [0.2, 0.25) is 0 Å². The maximum absolute atomic E-state index is 12.7. The molecule has 0 radical (unpaired) electrons. The summed E-state index contributed by atoms with van der Waals surface area (Å²) in [6, 6.07) is 13.1. The van der Waals surface area contributed by atoms with Crippen molar-refractivity contribution in [1.29, 1.82) is 0 Å². The molecular formula is C20H24O5S. The van der Waals surface area contributed by atoms with E-state index in [2.05, 4.69) is 6.58 Å². The molecule has 140 valence electrons. The summed E-state index contributed by atoms with van der Waals surface area (Å²) in [5.41, 5.74) is 1.10. The van der Waals surface area contributed by atoms with Crippen LogP contribution in [0.3, 0.4) is 0 Å². The zero-order chi connectivity index (χ0) is 19.0. The van der Waals surface area contributed by atoms with Crippen LogP contribution in [0, 0.1) is 5.92 Å². The number of carboxylic acids is 1. The number of aryl methyl sites for hydroxylation is 1. The number of hydrogen-bond acceptors (Lipinski definition) is 4. The fraction of sp³-hybridized carbons (Fsp3) is 0.350. The average molecular weight is 376 g/mol. The summed E-state index contributed by atoms with van der Waals surface area (Å²) in [6.45, 7) is 3.48. The molecule has 26 heavy (non-hydrogen) atoms. The first-order valence-electron chi connectivity index (χ1n) is 8.55. The van der Waals surface area contributed by atoms with E-state index in [9.17, 15) is 18.3 Å². The minimum Gasteiger partial charge on any atom is -0.481 e. The van der Waals surface area contributed by atoms with Gasteiger partial charge in [0.25, 0.3) is 0 Å². The lowest BCUT2D eigenvalue weighted by atomic mass is 9.94. The second kappa shape index (κ2) is 9.38. The van der Waals surface area contributed by atoms with Crippen LogP contribution in [0.1, 0.15) is 24.2 Å². The summed E-state index contributed by atoms with van der Waals surface area (Å²) in [5.74, 6) is -1.87. The summed E-state index contributed by atoms with van der Waals surface area (Å²) in [6.07, 6.45) is 4.39. The second-order valence-corrected chi connectivity index (χ2v) is 8.53. The molecule has 0 saturated carbocycles. The van der Waals surface area contributed by atoms with Gasteiger partial charge in [-0.15, -0.1) is 6.58 Å². The molecule has 2 rings (SSSR count). The van der Waals surface area contributed by atoms with Gasteiger partial charge in [-0.25, -0.2) is 8.42 Å². The number of aliphatic carboxylic acids is 1.